The molecule has 0 unspecified atom stereocenters. The molecule has 0 radical (unpaired) electrons. The number of carbonyl (C=O) groups excluding carboxylic acids is 3. The van der Waals surface area contributed by atoms with Crippen molar-refractivity contribution in [3.63, 3.8) is 0 Å². The zero-order valence-electron chi connectivity index (χ0n) is 18.6. The Morgan fingerprint density at radius 2 is 1.84 bits per heavy atom. The fourth-order valence-corrected chi connectivity index (χ4v) is 5.72. The van der Waals surface area contributed by atoms with E-state index in [9.17, 15) is 14.4 Å². The molecule has 32 heavy (non-hydrogen) atoms. The third-order valence-electron chi connectivity index (χ3n) is 7.42. The lowest BCUT2D eigenvalue weighted by Crippen LogP contribution is -2.63. The number of likely N-dealkylation sites (tertiary alicyclic amines) is 2. The molecule has 5 rings (SSSR count). The number of benzene rings is 1. The monoisotopic (exact) mass is 436 g/mol. The van der Waals surface area contributed by atoms with Gasteiger partial charge in [-0.05, 0) is 42.7 Å². The summed E-state index contributed by atoms with van der Waals surface area (Å²) in [5, 5.41) is 3.51. The fourth-order valence-electron chi connectivity index (χ4n) is 5.72. The van der Waals surface area contributed by atoms with E-state index in [4.69, 9.17) is 4.74 Å². The van der Waals surface area contributed by atoms with Crippen LogP contribution in [0.4, 0.5) is 0 Å². The van der Waals surface area contributed by atoms with Gasteiger partial charge in [0.05, 0.1) is 25.5 Å². The third kappa shape index (κ3) is 2.89. The third-order valence-corrected chi connectivity index (χ3v) is 7.42. The Kier molecular flexibility index (Phi) is 4.85. The van der Waals surface area contributed by atoms with Gasteiger partial charge in [0.25, 0.3) is 0 Å². The Labute approximate surface area is 187 Å². The number of carbonyl (C=O) groups is 3. The average molecular weight is 437 g/mol. The molecule has 4 heterocycles. The quantitative estimate of drug-likeness (QED) is 0.734. The van der Waals surface area contributed by atoms with E-state index >= 15 is 0 Å². The summed E-state index contributed by atoms with van der Waals surface area (Å²) in [4.78, 5) is 43.3. The van der Waals surface area contributed by atoms with E-state index in [0.29, 0.717) is 25.3 Å². The highest BCUT2D eigenvalue weighted by atomic mass is 16.5. The van der Waals surface area contributed by atoms with Crippen LogP contribution in [0.15, 0.2) is 42.6 Å². The number of aromatic nitrogens is 1. The van der Waals surface area contributed by atoms with E-state index in [1.165, 1.54) is 11.9 Å². The van der Waals surface area contributed by atoms with Gasteiger partial charge in [-0.25, -0.2) is 0 Å². The summed E-state index contributed by atoms with van der Waals surface area (Å²) in [6, 6.07) is 11.0. The molecule has 1 aromatic carbocycles. The van der Waals surface area contributed by atoms with Crippen molar-refractivity contribution in [2.75, 3.05) is 20.7 Å². The van der Waals surface area contributed by atoms with Crippen LogP contribution in [-0.4, -0.2) is 58.3 Å². The maximum absolute atomic E-state index is 13.9. The SMILES string of the molecule is COc1ccc([C@H]2N[C@]3(CCCN(Cc4cccn4C)C3=O)[C@H]3C(=O)N(C)C(=O)[C@@H]23)cc1. The van der Waals surface area contributed by atoms with Crippen molar-refractivity contribution >= 4 is 17.7 Å². The van der Waals surface area contributed by atoms with Crippen LogP contribution in [0.1, 0.15) is 30.1 Å². The van der Waals surface area contributed by atoms with Gasteiger partial charge in [-0.1, -0.05) is 12.1 Å². The van der Waals surface area contributed by atoms with Gasteiger partial charge in [0.1, 0.15) is 11.3 Å². The van der Waals surface area contributed by atoms with Crippen LogP contribution in [0.2, 0.25) is 0 Å². The molecule has 1 N–H and O–H groups in total. The van der Waals surface area contributed by atoms with Crippen LogP contribution >= 0.6 is 0 Å². The first-order valence-electron chi connectivity index (χ1n) is 11.0. The molecule has 3 amide bonds. The van der Waals surface area contributed by atoms with Crippen LogP contribution in [0, 0.1) is 11.8 Å². The first-order valence-corrected chi connectivity index (χ1v) is 11.0. The zero-order chi connectivity index (χ0) is 22.6. The number of hydrogen-bond acceptors (Lipinski definition) is 5. The van der Waals surface area contributed by atoms with Crippen molar-refractivity contribution in [1.29, 1.82) is 0 Å². The van der Waals surface area contributed by atoms with E-state index in [-0.39, 0.29) is 17.7 Å². The van der Waals surface area contributed by atoms with Gasteiger partial charge in [0.2, 0.25) is 17.7 Å². The molecule has 3 aliphatic heterocycles. The number of aryl methyl sites for hydroxylation is 1. The number of hydrogen-bond donors (Lipinski definition) is 1. The van der Waals surface area contributed by atoms with Gasteiger partial charge in [-0.3, -0.25) is 24.6 Å². The van der Waals surface area contributed by atoms with Gasteiger partial charge in [-0.2, -0.15) is 0 Å². The summed E-state index contributed by atoms with van der Waals surface area (Å²) in [5.41, 5.74) is 0.833. The summed E-state index contributed by atoms with van der Waals surface area (Å²) in [6.45, 7) is 1.12. The van der Waals surface area contributed by atoms with Crippen LogP contribution < -0.4 is 10.1 Å². The molecule has 3 aliphatic rings. The number of imide groups is 1. The first-order chi connectivity index (χ1) is 15.4. The molecule has 3 saturated heterocycles. The second kappa shape index (κ2) is 7.48. The summed E-state index contributed by atoms with van der Waals surface area (Å²) in [5.74, 6) is -1.16. The van der Waals surface area contributed by atoms with E-state index in [0.717, 1.165) is 17.7 Å². The second-order valence-corrected chi connectivity index (χ2v) is 9.05. The molecule has 168 valence electrons. The number of methoxy groups -OCH3 is 1. The maximum Gasteiger partial charge on any atom is 0.244 e. The lowest BCUT2D eigenvalue weighted by molar-refractivity contribution is -0.149. The Morgan fingerprint density at radius 3 is 2.50 bits per heavy atom. The minimum absolute atomic E-state index is 0.0904. The number of nitrogens with one attached hydrogen (secondary N) is 1. The van der Waals surface area contributed by atoms with Gasteiger partial charge >= 0.3 is 0 Å². The van der Waals surface area contributed by atoms with Gasteiger partial charge in [-0.15, -0.1) is 0 Å². The molecule has 4 atom stereocenters. The smallest absolute Gasteiger partial charge is 0.244 e. The largest absolute Gasteiger partial charge is 0.497 e. The van der Waals surface area contributed by atoms with Gasteiger partial charge in [0, 0.05) is 38.6 Å². The minimum atomic E-state index is -1.07. The van der Waals surface area contributed by atoms with Crippen molar-refractivity contribution in [3.05, 3.63) is 53.9 Å². The van der Waals surface area contributed by atoms with E-state index in [2.05, 4.69) is 5.32 Å². The lowest BCUT2D eigenvalue weighted by atomic mass is 9.74. The fraction of sp³-hybridized carbons (Fsp3) is 0.458. The molecule has 0 aliphatic carbocycles. The zero-order valence-corrected chi connectivity index (χ0v) is 18.6. The summed E-state index contributed by atoms with van der Waals surface area (Å²) in [6.07, 6.45) is 3.26. The number of rotatable bonds is 4. The van der Waals surface area contributed by atoms with Crippen molar-refractivity contribution in [3.8, 4) is 5.75 Å². The number of amides is 3. The first kappa shape index (κ1) is 20.8. The highest BCUT2D eigenvalue weighted by Crippen LogP contribution is 2.51. The molecular formula is C24H28N4O4. The predicted octanol–water partition coefficient (Wildman–Crippen LogP) is 1.47. The second-order valence-electron chi connectivity index (χ2n) is 9.05. The Morgan fingerprint density at radius 1 is 1.09 bits per heavy atom. The summed E-state index contributed by atoms with van der Waals surface area (Å²) >= 11 is 0. The molecule has 1 aromatic heterocycles. The maximum atomic E-state index is 13.9. The molecule has 0 saturated carbocycles. The summed E-state index contributed by atoms with van der Waals surface area (Å²) in [7, 11) is 5.08. The molecule has 3 fully saturated rings. The van der Waals surface area contributed by atoms with Crippen LogP contribution in [-0.2, 0) is 28.0 Å². The average Bonchev–Trinajstić information content (AvgIpc) is 3.43. The summed E-state index contributed by atoms with van der Waals surface area (Å²) < 4.78 is 7.26. The Hall–Kier alpha value is -3.13. The standard InChI is InChI=1S/C24H28N4O4/c1-26-12-4-6-16(26)14-28-13-5-11-24(23(28)31)19-18(21(29)27(2)22(19)30)20(25-24)15-7-9-17(32-3)10-8-15/h4,6-10,12,18-20,25H,5,11,13-14H2,1-3H3/t18-,19-,20-,24-/m1/s1. The highest BCUT2D eigenvalue weighted by molar-refractivity contribution is 6.10. The van der Waals surface area contributed by atoms with Crippen LogP contribution in [0.25, 0.3) is 0 Å². The minimum Gasteiger partial charge on any atom is -0.497 e. The highest BCUT2D eigenvalue weighted by Gasteiger charge is 2.68. The molecule has 1 spiro atoms. The topological polar surface area (TPSA) is 83.9 Å². The predicted molar refractivity (Wildman–Crippen MR) is 116 cm³/mol. The van der Waals surface area contributed by atoms with Crippen molar-refractivity contribution in [2.24, 2.45) is 18.9 Å². The lowest BCUT2D eigenvalue weighted by Gasteiger charge is -2.42. The molecule has 2 aromatic rings. The van der Waals surface area contributed by atoms with Crippen molar-refractivity contribution in [2.45, 2.75) is 31.0 Å². The van der Waals surface area contributed by atoms with E-state index in [1.54, 1.807) is 7.11 Å². The van der Waals surface area contributed by atoms with Gasteiger partial charge < -0.3 is 14.2 Å². The number of ether oxygens (including phenoxy) is 1. The number of piperidine rings is 1. The Bertz CT molecular complexity index is 1080. The van der Waals surface area contributed by atoms with Crippen LogP contribution in [0.5, 0.6) is 5.75 Å². The van der Waals surface area contributed by atoms with E-state index in [1.807, 2.05) is 59.1 Å². The van der Waals surface area contributed by atoms with Crippen molar-refractivity contribution in [1.82, 2.24) is 19.7 Å². The molecule has 0 bridgehead atoms. The van der Waals surface area contributed by atoms with E-state index < -0.39 is 23.4 Å². The normalized spacial score (nSPS) is 29.8. The molecule has 8 heteroatoms. The number of fused-ring (bicyclic) bond motifs is 2. The Balaban J connectivity index is 1.53. The van der Waals surface area contributed by atoms with Crippen LogP contribution in [0.3, 0.4) is 0 Å². The van der Waals surface area contributed by atoms with Gasteiger partial charge in [0.15, 0.2) is 0 Å². The number of nitrogens with zero attached hydrogens (tertiary/aromatic N) is 3. The molecular weight excluding hydrogens is 408 g/mol. The molecule has 8 nitrogen and oxygen atoms in total. The van der Waals surface area contributed by atoms with Crippen molar-refractivity contribution < 1.29 is 19.1 Å².